The molecule has 0 bridgehead atoms. The number of nitrogens with one attached hydrogen (secondary N) is 1. The van der Waals surface area contributed by atoms with Gasteiger partial charge in [-0.1, -0.05) is 12.7 Å². The molecule has 0 atom stereocenters. The van der Waals surface area contributed by atoms with Gasteiger partial charge in [0.1, 0.15) is 17.9 Å². The van der Waals surface area contributed by atoms with E-state index in [2.05, 4.69) is 31.8 Å². The Bertz CT molecular complexity index is 1570. The van der Waals surface area contributed by atoms with Gasteiger partial charge in [0, 0.05) is 16.8 Å². The lowest BCUT2D eigenvalue weighted by Gasteiger charge is -2.15. The van der Waals surface area contributed by atoms with Crippen molar-refractivity contribution in [2.75, 3.05) is 5.32 Å². The van der Waals surface area contributed by atoms with E-state index in [9.17, 15) is 13.6 Å². The molecule has 0 spiro atoms. The number of aromatic nitrogens is 5. The third kappa shape index (κ3) is 5.80. The molecule has 3 heterocycles. The predicted octanol–water partition coefficient (Wildman–Crippen LogP) is 6.57. The average Bonchev–Trinajstić information content (AvgIpc) is 3.30. The van der Waals surface area contributed by atoms with Crippen LogP contribution in [-0.2, 0) is 4.74 Å². The molecule has 3 aromatic heterocycles. The molecular weight excluding hydrogens is 490 g/mol. The minimum Gasteiger partial charge on any atom is -0.435 e. The first-order chi connectivity index (χ1) is 18.2. The first-order valence-corrected chi connectivity index (χ1v) is 11.7. The number of hydrogen-bond acceptors (Lipinski definition) is 7. The van der Waals surface area contributed by atoms with Gasteiger partial charge >= 0.3 is 6.61 Å². The lowest BCUT2D eigenvalue weighted by atomic mass is 9.97. The number of hydrogen-bond donors (Lipinski definition) is 1. The number of aryl methyl sites for hydroxylation is 1. The van der Waals surface area contributed by atoms with Gasteiger partial charge in [0.15, 0.2) is 11.6 Å². The van der Waals surface area contributed by atoms with E-state index in [1.165, 1.54) is 13.0 Å². The molecule has 0 unspecified atom stereocenters. The number of imidazole rings is 1. The fourth-order valence-electron chi connectivity index (χ4n) is 3.79. The van der Waals surface area contributed by atoms with E-state index in [0.717, 1.165) is 16.9 Å². The molecular formula is C28H26F2N6O2. The highest BCUT2D eigenvalue weighted by Crippen LogP contribution is 2.29. The Morgan fingerprint density at radius 1 is 1.13 bits per heavy atom. The van der Waals surface area contributed by atoms with Crippen molar-refractivity contribution >= 4 is 33.9 Å². The summed E-state index contributed by atoms with van der Waals surface area (Å²) in [5, 5.41) is 11.4. The van der Waals surface area contributed by atoms with Crippen molar-refractivity contribution in [2.45, 2.75) is 34.3 Å². The number of anilines is 2. The summed E-state index contributed by atoms with van der Waals surface area (Å²) in [6, 6.07) is 12.7. The summed E-state index contributed by atoms with van der Waals surface area (Å²) < 4.78 is 31.8. The van der Waals surface area contributed by atoms with Crippen LogP contribution in [0.4, 0.5) is 20.3 Å². The number of allylic oxidation sites excluding steroid dienone is 4. The fourth-order valence-corrected chi connectivity index (χ4v) is 3.79. The normalized spacial score (nSPS) is 12.2. The number of pyridine rings is 1. The Balaban J connectivity index is 1.77. The summed E-state index contributed by atoms with van der Waals surface area (Å²) in [6.07, 6.45) is 4.78. The molecule has 0 aliphatic heterocycles. The topological polar surface area (TPSA) is 94.8 Å². The van der Waals surface area contributed by atoms with Crippen LogP contribution in [-0.4, -0.2) is 37.1 Å². The van der Waals surface area contributed by atoms with Crippen molar-refractivity contribution in [2.24, 2.45) is 0 Å². The maximum Gasteiger partial charge on any atom is 0.387 e. The highest BCUT2D eigenvalue weighted by Gasteiger charge is 2.18. The highest BCUT2D eigenvalue weighted by molar-refractivity contribution is 6.00. The molecule has 194 valence electrons. The van der Waals surface area contributed by atoms with Crippen LogP contribution in [0.1, 0.15) is 42.5 Å². The Hall–Kier alpha value is -4.73. The molecule has 1 aromatic carbocycles. The number of benzene rings is 1. The van der Waals surface area contributed by atoms with Gasteiger partial charge < -0.3 is 10.1 Å². The van der Waals surface area contributed by atoms with E-state index in [4.69, 9.17) is 4.98 Å². The number of ketones is 1. The minimum absolute atomic E-state index is 0.223. The zero-order valence-corrected chi connectivity index (χ0v) is 21.4. The molecule has 1 N–H and O–H groups in total. The van der Waals surface area contributed by atoms with Gasteiger partial charge in [0.25, 0.3) is 0 Å². The minimum atomic E-state index is -3.02. The van der Waals surface area contributed by atoms with Crippen LogP contribution >= 0.6 is 0 Å². The fraction of sp³-hybridized carbons (Fsp3) is 0.179. The summed E-state index contributed by atoms with van der Waals surface area (Å²) in [6.45, 7) is 7.42. The molecule has 0 fully saturated rings. The number of carbonyl (C=O) groups excluding carboxylic acids is 1. The molecule has 0 saturated carbocycles. The van der Waals surface area contributed by atoms with Crippen molar-refractivity contribution < 1.29 is 18.3 Å². The van der Waals surface area contributed by atoms with Crippen molar-refractivity contribution in [3.05, 3.63) is 95.8 Å². The lowest BCUT2D eigenvalue weighted by Crippen LogP contribution is -2.07. The molecule has 0 aliphatic carbocycles. The number of Topliss-reactive ketones (excluding diaryl/α,β-unsaturated/α-hetero) is 1. The second-order valence-corrected chi connectivity index (χ2v) is 8.50. The third-order valence-corrected chi connectivity index (χ3v) is 5.78. The van der Waals surface area contributed by atoms with Gasteiger partial charge in [-0.15, -0.1) is 5.10 Å². The second kappa shape index (κ2) is 11.1. The van der Waals surface area contributed by atoms with Crippen LogP contribution in [0, 0.1) is 6.92 Å². The molecule has 4 rings (SSSR count). The van der Waals surface area contributed by atoms with Crippen LogP contribution in [0.5, 0.6) is 0 Å². The molecule has 4 aromatic rings. The molecule has 8 nitrogen and oxygen atoms in total. The summed E-state index contributed by atoms with van der Waals surface area (Å²) in [5.74, 6) is 0.633. The Kier molecular flexibility index (Phi) is 7.71. The highest BCUT2D eigenvalue weighted by atomic mass is 19.3. The standard InChI is InChI=1S/C28H26F2N6O2/c1-6-16(2)22(13-18(4)38-28(29)30)27-21(19(5)37)9-12-26(33-27)36-15-31-23-14-20(8-10-24(23)36)32-25-11-7-17(3)34-35-25/h6-15,28H,4H2,1-3,5H3,(H,32,35)/b16-6-,22-13+. The molecule has 10 heteroatoms. The van der Waals surface area contributed by atoms with Crippen LogP contribution in [0.15, 0.2) is 78.9 Å². The van der Waals surface area contributed by atoms with Gasteiger partial charge in [-0.25, -0.2) is 9.97 Å². The molecule has 0 saturated heterocycles. The van der Waals surface area contributed by atoms with Crippen molar-refractivity contribution in [1.82, 2.24) is 24.7 Å². The predicted molar refractivity (Wildman–Crippen MR) is 143 cm³/mol. The zero-order chi connectivity index (χ0) is 27.4. The summed E-state index contributed by atoms with van der Waals surface area (Å²) in [5.41, 5.74) is 4.89. The number of nitrogens with zero attached hydrogens (tertiary/aromatic N) is 5. The van der Waals surface area contributed by atoms with Gasteiger partial charge in [-0.3, -0.25) is 9.36 Å². The molecule has 38 heavy (non-hydrogen) atoms. The Morgan fingerprint density at radius 3 is 2.58 bits per heavy atom. The molecule has 0 radical (unpaired) electrons. The van der Waals surface area contributed by atoms with Gasteiger partial charge in [-0.2, -0.15) is 13.9 Å². The summed E-state index contributed by atoms with van der Waals surface area (Å²) >= 11 is 0. The van der Waals surface area contributed by atoms with Crippen LogP contribution in [0.2, 0.25) is 0 Å². The van der Waals surface area contributed by atoms with Crippen molar-refractivity contribution in [3.8, 4) is 5.82 Å². The first-order valence-electron chi connectivity index (χ1n) is 11.7. The van der Waals surface area contributed by atoms with Crippen molar-refractivity contribution in [1.29, 1.82) is 0 Å². The summed E-state index contributed by atoms with van der Waals surface area (Å²) in [4.78, 5) is 21.7. The largest absolute Gasteiger partial charge is 0.435 e. The quantitative estimate of drug-likeness (QED) is 0.153. The summed E-state index contributed by atoms with van der Waals surface area (Å²) in [7, 11) is 0. The van der Waals surface area contributed by atoms with E-state index >= 15 is 0 Å². The van der Waals surface area contributed by atoms with Gasteiger partial charge in [-0.05, 0) is 81.8 Å². The maximum absolute atomic E-state index is 12.8. The molecule has 0 amide bonds. The van der Waals surface area contributed by atoms with Crippen LogP contribution in [0.3, 0.4) is 0 Å². The Labute approximate surface area is 218 Å². The van der Waals surface area contributed by atoms with Gasteiger partial charge in [0.05, 0.1) is 22.4 Å². The van der Waals surface area contributed by atoms with E-state index in [0.29, 0.717) is 39.6 Å². The smallest absolute Gasteiger partial charge is 0.387 e. The average molecular weight is 517 g/mol. The third-order valence-electron chi connectivity index (χ3n) is 5.78. The number of fused-ring (bicyclic) bond motifs is 1. The zero-order valence-electron chi connectivity index (χ0n) is 21.4. The van der Waals surface area contributed by atoms with E-state index < -0.39 is 6.61 Å². The van der Waals surface area contributed by atoms with Crippen LogP contribution in [0.25, 0.3) is 22.4 Å². The number of alkyl halides is 2. The number of carbonyl (C=O) groups is 1. The monoisotopic (exact) mass is 516 g/mol. The van der Waals surface area contributed by atoms with E-state index in [1.54, 1.807) is 43.0 Å². The van der Waals surface area contributed by atoms with Crippen LogP contribution < -0.4 is 5.32 Å². The van der Waals surface area contributed by atoms with Gasteiger partial charge in [0.2, 0.25) is 0 Å². The maximum atomic E-state index is 12.8. The van der Waals surface area contributed by atoms with E-state index in [1.807, 2.05) is 37.3 Å². The number of ether oxygens (including phenoxy) is 1. The molecule has 0 aliphatic rings. The SMILES string of the molecule is C=C(/C=C(\C(C)=C/C)c1nc(-n2cnc3cc(Nc4ccc(C)nn4)ccc32)ccc1C(C)=O)OC(F)F. The number of halogens is 2. The lowest BCUT2D eigenvalue weighted by molar-refractivity contribution is -0.0915. The first kappa shape index (κ1) is 26.3. The van der Waals surface area contributed by atoms with E-state index in [-0.39, 0.29) is 11.5 Å². The Morgan fingerprint density at radius 2 is 1.92 bits per heavy atom. The number of rotatable bonds is 9. The second-order valence-electron chi connectivity index (χ2n) is 8.50. The van der Waals surface area contributed by atoms with Crippen molar-refractivity contribution in [3.63, 3.8) is 0 Å².